The van der Waals surface area contributed by atoms with Crippen LogP contribution in [0.2, 0.25) is 0 Å². The molecule has 2 aliphatic rings. The monoisotopic (exact) mass is 154 g/mol. The first-order chi connectivity index (χ1) is 5.34. The highest BCUT2D eigenvalue weighted by Gasteiger charge is 2.26. The van der Waals surface area contributed by atoms with Gasteiger partial charge in [0.1, 0.15) is 6.10 Å². The Balaban J connectivity index is 2.12. The Morgan fingerprint density at radius 2 is 2.45 bits per heavy atom. The van der Waals surface area contributed by atoms with Gasteiger partial charge >= 0.3 is 6.16 Å². The molecule has 1 aliphatic heterocycles. The van der Waals surface area contributed by atoms with E-state index in [2.05, 4.69) is 6.08 Å². The second-order valence-corrected chi connectivity index (χ2v) is 2.98. The number of carbonyl (C=O) groups is 1. The van der Waals surface area contributed by atoms with Crippen LogP contribution < -0.4 is 0 Å². The maximum absolute atomic E-state index is 10.7. The average molecular weight is 154 g/mol. The van der Waals surface area contributed by atoms with Crippen LogP contribution in [0, 0.1) is 5.92 Å². The number of hydrogen-bond acceptors (Lipinski definition) is 3. The van der Waals surface area contributed by atoms with E-state index in [9.17, 15) is 4.79 Å². The molecule has 0 aromatic heterocycles. The van der Waals surface area contributed by atoms with Gasteiger partial charge in [0, 0.05) is 5.92 Å². The molecule has 60 valence electrons. The highest BCUT2D eigenvalue weighted by molar-refractivity contribution is 5.60. The van der Waals surface area contributed by atoms with E-state index >= 15 is 0 Å². The van der Waals surface area contributed by atoms with Crippen molar-refractivity contribution in [3.05, 3.63) is 12.2 Å². The van der Waals surface area contributed by atoms with Crippen LogP contribution in [-0.4, -0.2) is 18.9 Å². The van der Waals surface area contributed by atoms with Gasteiger partial charge in [-0.1, -0.05) is 6.08 Å². The summed E-state index contributed by atoms with van der Waals surface area (Å²) >= 11 is 0. The molecule has 0 aromatic rings. The van der Waals surface area contributed by atoms with Crippen molar-refractivity contribution < 1.29 is 14.3 Å². The van der Waals surface area contributed by atoms with Crippen LogP contribution in [-0.2, 0) is 9.47 Å². The topological polar surface area (TPSA) is 35.5 Å². The Kier molecular flexibility index (Phi) is 1.56. The minimum absolute atomic E-state index is 0.0382. The van der Waals surface area contributed by atoms with E-state index in [0.717, 1.165) is 12.8 Å². The fraction of sp³-hybridized carbons (Fsp3) is 0.625. The van der Waals surface area contributed by atoms with Crippen LogP contribution in [0.25, 0.3) is 0 Å². The largest absolute Gasteiger partial charge is 0.508 e. The molecule has 0 radical (unpaired) electrons. The molecule has 0 amide bonds. The van der Waals surface area contributed by atoms with Gasteiger partial charge in [-0.3, -0.25) is 0 Å². The van der Waals surface area contributed by atoms with E-state index in [1.165, 1.54) is 0 Å². The maximum Gasteiger partial charge on any atom is 0.508 e. The van der Waals surface area contributed by atoms with Gasteiger partial charge in [-0.15, -0.1) is 0 Å². The van der Waals surface area contributed by atoms with Crippen LogP contribution in [0.1, 0.15) is 12.8 Å². The number of rotatable bonds is 0. The third-order valence-corrected chi connectivity index (χ3v) is 2.07. The molecule has 1 saturated heterocycles. The second kappa shape index (κ2) is 2.57. The average Bonchev–Trinajstić information content (AvgIpc) is 2.12. The third kappa shape index (κ3) is 1.37. The number of carbonyl (C=O) groups excluding carboxylic acids is 1. The van der Waals surface area contributed by atoms with Crippen LogP contribution >= 0.6 is 0 Å². The molecule has 0 saturated carbocycles. The van der Waals surface area contributed by atoms with Crippen molar-refractivity contribution in [1.29, 1.82) is 0 Å². The zero-order valence-electron chi connectivity index (χ0n) is 6.16. The van der Waals surface area contributed by atoms with Crippen LogP contribution in [0.3, 0.4) is 0 Å². The standard InChI is InChI=1S/C8H10O3/c9-8-10-5-6-2-1-3-7(4-6)11-8/h1,3,6-7H,2,4-5H2/t6-,7+/m0/s1. The van der Waals surface area contributed by atoms with Crippen molar-refractivity contribution >= 4 is 6.16 Å². The normalized spacial score (nSPS) is 35.5. The number of hydrogen-bond donors (Lipinski definition) is 0. The Labute approximate surface area is 65.0 Å². The van der Waals surface area contributed by atoms with E-state index in [0.29, 0.717) is 12.5 Å². The summed E-state index contributed by atoms with van der Waals surface area (Å²) in [6.07, 6.45) is 5.35. The van der Waals surface area contributed by atoms with E-state index in [-0.39, 0.29) is 6.10 Å². The quantitative estimate of drug-likeness (QED) is 0.391. The predicted octanol–water partition coefficient (Wildman–Crippen LogP) is 1.49. The summed E-state index contributed by atoms with van der Waals surface area (Å²) in [5.41, 5.74) is 0. The molecule has 1 heterocycles. The van der Waals surface area contributed by atoms with Gasteiger partial charge < -0.3 is 9.47 Å². The predicted molar refractivity (Wildman–Crippen MR) is 38.1 cm³/mol. The fourth-order valence-electron chi connectivity index (χ4n) is 1.49. The highest BCUT2D eigenvalue weighted by atomic mass is 16.7. The minimum atomic E-state index is -0.524. The van der Waals surface area contributed by atoms with Gasteiger partial charge in [-0.2, -0.15) is 0 Å². The van der Waals surface area contributed by atoms with Gasteiger partial charge in [0.05, 0.1) is 6.61 Å². The molecule has 2 atom stereocenters. The van der Waals surface area contributed by atoms with E-state index < -0.39 is 6.16 Å². The highest BCUT2D eigenvalue weighted by Crippen LogP contribution is 2.24. The van der Waals surface area contributed by atoms with Crippen molar-refractivity contribution in [3.63, 3.8) is 0 Å². The van der Waals surface area contributed by atoms with Gasteiger partial charge in [0.25, 0.3) is 0 Å². The summed E-state index contributed by atoms with van der Waals surface area (Å²) in [6.45, 7) is 0.514. The molecule has 0 aromatic carbocycles. The lowest BCUT2D eigenvalue weighted by molar-refractivity contribution is 0.0559. The fourth-order valence-corrected chi connectivity index (χ4v) is 1.49. The molecule has 3 heteroatoms. The molecule has 1 fully saturated rings. The summed E-state index contributed by atoms with van der Waals surface area (Å²) in [7, 11) is 0. The smallest absolute Gasteiger partial charge is 0.434 e. The van der Waals surface area contributed by atoms with E-state index in [4.69, 9.17) is 9.47 Å². The van der Waals surface area contributed by atoms with Crippen LogP contribution in [0.4, 0.5) is 4.79 Å². The molecular weight excluding hydrogens is 144 g/mol. The molecule has 11 heavy (non-hydrogen) atoms. The lowest BCUT2D eigenvalue weighted by atomic mass is 9.93. The lowest BCUT2D eigenvalue weighted by Gasteiger charge is -2.17. The summed E-state index contributed by atoms with van der Waals surface area (Å²) in [5.74, 6) is 0.469. The van der Waals surface area contributed by atoms with Crippen LogP contribution in [0.5, 0.6) is 0 Å². The first-order valence-electron chi connectivity index (χ1n) is 3.84. The van der Waals surface area contributed by atoms with E-state index in [1.54, 1.807) is 0 Å². The third-order valence-electron chi connectivity index (χ3n) is 2.07. The molecule has 0 N–H and O–H groups in total. The number of fused-ring (bicyclic) bond motifs is 2. The molecule has 1 aliphatic carbocycles. The molecule has 3 nitrogen and oxygen atoms in total. The first kappa shape index (κ1) is 6.70. The van der Waals surface area contributed by atoms with Crippen molar-refractivity contribution in [2.75, 3.05) is 6.61 Å². The molecular formula is C8H10O3. The Bertz CT molecular complexity index is 198. The van der Waals surface area contributed by atoms with Gasteiger partial charge in [0.2, 0.25) is 0 Å². The van der Waals surface area contributed by atoms with Crippen molar-refractivity contribution in [3.8, 4) is 0 Å². The number of allylic oxidation sites excluding steroid dienone is 1. The van der Waals surface area contributed by atoms with Crippen molar-refractivity contribution in [2.45, 2.75) is 18.9 Å². The van der Waals surface area contributed by atoms with Gasteiger partial charge in [-0.25, -0.2) is 4.79 Å². The summed E-state index contributed by atoms with van der Waals surface area (Å²) in [5, 5.41) is 0. The maximum atomic E-state index is 10.7. The molecule has 0 unspecified atom stereocenters. The number of cyclic esters (lactones) is 1. The molecule has 0 spiro atoms. The Hall–Kier alpha value is -0.990. The van der Waals surface area contributed by atoms with Gasteiger partial charge in [-0.05, 0) is 18.9 Å². The van der Waals surface area contributed by atoms with Crippen molar-refractivity contribution in [2.24, 2.45) is 5.92 Å². The number of ether oxygens (including phenoxy) is 2. The zero-order chi connectivity index (χ0) is 7.68. The second-order valence-electron chi connectivity index (χ2n) is 2.98. The zero-order valence-corrected chi connectivity index (χ0v) is 6.16. The Morgan fingerprint density at radius 1 is 1.55 bits per heavy atom. The van der Waals surface area contributed by atoms with E-state index in [1.807, 2.05) is 6.08 Å². The summed E-state index contributed by atoms with van der Waals surface area (Å²) in [4.78, 5) is 10.7. The van der Waals surface area contributed by atoms with Gasteiger partial charge in [0.15, 0.2) is 0 Å². The molecule has 2 bridgehead atoms. The minimum Gasteiger partial charge on any atom is -0.434 e. The lowest BCUT2D eigenvalue weighted by Crippen LogP contribution is -2.17. The van der Waals surface area contributed by atoms with Crippen LogP contribution in [0.15, 0.2) is 12.2 Å². The van der Waals surface area contributed by atoms with Crippen molar-refractivity contribution in [1.82, 2.24) is 0 Å². The summed E-state index contributed by atoms with van der Waals surface area (Å²) < 4.78 is 9.75. The Morgan fingerprint density at radius 3 is 3.36 bits per heavy atom. The summed E-state index contributed by atoms with van der Waals surface area (Å²) in [6, 6.07) is 0. The first-order valence-corrected chi connectivity index (χ1v) is 3.84. The SMILES string of the molecule is O=C1OC[C@H]2CC=C[C@H](C2)O1. The molecule has 2 rings (SSSR count).